The van der Waals surface area contributed by atoms with Crippen molar-refractivity contribution in [2.24, 2.45) is 5.73 Å². The normalized spacial score (nSPS) is 9.77. The van der Waals surface area contributed by atoms with Gasteiger partial charge in [0.25, 0.3) is 0 Å². The van der Waals surface area contributed by atoms with Gasteiger partial charge in [0.1, 0.15) is 0 Å². The number of hydrogen-bond donors (Lipinski definition) is 3. The molecule has 5 N–H and O–H groups in total. The molecule has 0 fully saturated rings. The molecule has 2 rings (SSSR count). The number of amides is 2. The van der Waals surface area contributed by atoms with Crippen LogP contribution in [0, 0.1) is 13.8 Å². The summed E-state index contributed by atoms with van der Waals surface area (Å²) in [6.45, 7) is 3.77. The first-order valence-corrected chi connectivity index (χ1v) is 6.75. The molecule has 0 heterocycles. The average Bonchev–Trinajstić information content (AvgIpc) is 2.36. The van der Waals surface area contributed by atoms with Crippen LogP contribution in [-0.2, 0) is 0 Å². The number of anilines is 3. The van der Waals surface area contributed by atoms with E-state index in [1.807, 2.05) is 38.1 Å². The number of rotatable bonds is 3. The van der Waals surface area contributed by atoms with Gasteiger partial charge in [-0.2, -0.15) is 0 Å². The van der Waals surface area contributed by atoms with Crippen molar-refractivity contribution >= 4 is 47.1 Å². The molecule has 0 aliphatic carbocycles. The molecule has 0 aliphatic rings. The largest absolute Gasteiger partial charge is 0.399 e. The smallest absolute Gasteiger partial charge is 0.338 e. The van der Waals surface area contributed by atoms with Crippen LogP contribution in [0.5, 0.6) is 0 Å². The van der Waals surface area contributed by atoms with Gasteiger partial charge in [-0.05, 0) is 49.2 Å². The Balaban J connectivity index is 0.00000242. The van der Waals surface area contributed by atoms with Gasteiger partial charge < -0.3 is 11.5 Å². The Labute approximate surface area is 140 Å². The number of primary amides is 1. The Morgan fingerprint density at radius 2 is 1.91 bits per heavy atom. The van der Waals surface area contributed by atoms with Crippen molar-refractivity contribution in [2.45, 2.75) is 13.8 Å². The summed E-state index contributed by atoms with van der Waals surface area (Å²) in [5, 5.41) is 1.57. The van der Waals surface area contributed by atoms with Gasteiger partial charge in [-0.15, -0.1) is 12.4 Å². The third kappa shape index (κ3) is 3.96. The number of carbonyl (C=O) groups excluding carboxylic acids is 1. The lowest BCUT2D eigenvalue weighted by molar-refractivity contribution is 0.255. The number of urea groups is 1. The van der Waals surface area contributed by atoms with Gasteiger partial charge in [0.15, 0.2) is 0 Å². The number of benzene rings is 2. The van der Waals surface area contributed by atoms with Crippen LogP contribution >= 0.6 is 24.0 Å². The molecule has 0 unspecified atom stereocenters. The predicted octanol–water partition coefficient (Wildman–Crippen LogP) is 3.87. The summed E-state index contributed by atoms with van der Waals surface area (Å²) in [7, 11) is 0. The Hall–Kier alpha value is -2.11. The van der Waals surface area contributed by atoms with E-state index in [1.165, 1.54) is 5.01 Å². The molecular formula is C15H18Cl2N4O. The monoisotopic (exact) mass is 340 g/mol. The maximum Gasteiger partial charge on any atom is 0.338 e. The minimum atomic E-state index is -0.661. The third-order valence-corrected chi connectivity index (χ3v) is 3.27. The van der Waals surface area contributed by atoms with Gasteiger partial charge >= 0.3 is 6.03 Å². The first kappa shape index (κ1) is 17.9. The molecule has 0 atom stereocenters. The van der Waals surface area contributed by atoms with Gasteiger partial charge in [0, 0.05) is 5.69 Å². The first-order valence-electron chi connectivity index (χ1n) is 6.37. The molecule has 0 aromatic heterocycles. The van der Waals surface area contributed by atoms with Crippen molar-refractivity contribution in [1.29, 1.82) is 0 Å². The number of carbonyl (C=O) groups is 1. The van der Waals surface area contributed by atoms with Crippen LogP contribution in [0.15, 0.2) is 36.4 Å². The highest BCUT2D eigenvalue weighted by molar-refractivity contribution is 6.34. The highest BCUT2D eigenvalue weighted by atomic mass is 35.5. The summed E-state index contributed by atoms with van der Waals surface area (Å²) in [5.74, 6) is 0. The van der Waals surface area contributed by atoms with Crippen LogP contribution < -0.4 is 21.9 Å². The lowest BCUT2D eigenvalue weighted by Crippen LogP contribution is -2.41. The summed E-state index contributed by atoms with van der Waals surface area (Å²) >= 11 is 6.20. The van der Waals surface area contributed by atoms with Crippen molar-refractivity contribution in [1.82, 2.24) is 0 Å². The SMILES string of the molecule is Cc1cccc(NN(C(N)=O)c2c(C)cc(N)cc2Cl)c1.Cl. The summed E-state index contributed by atoms with van der Waals surface area (Å²) in [5.41, 5.74) is 17.7. The van der Waals surface area contributed by atoms with Crippen molar-refractivity contribution in [3.63, 3.8) is 0 Å². The second-order valence-corrected chi connectivity index (χ2v) is 5.23. The highest BCUT2D eigenvalue weighted by Gasteiger charge is 2.19. The van der Waals surface area contributed by atoms with Crippen molar-refractivity contribution < 1.29 is 4.79 Å². The second-order valence-electron chi connectivity index (χ2n) is 4.82. The number of aryl methyl sites for hydroxylation is 2. The molecule has 0 saturated carbocycles. The van der Waals surface area contributed by atoms with E-state index in [2.05, 4.69) is 5.43 Å². The molecule has 2 aromatic rings. The Morgan fingerprint density at radius 1 is 1.23 bits per heavy atom. The van der Waals surface area contributed by atoms with Crippen molar-refractivity contribution in [3.8, 4) is 0 Å². The van der Waals surface area contributed by atoms with Gasteiger partial charge in [0.2, 0.25) is 0 Å². The number of nitrogens with one attached hydrogen (secondary N) is 1. The van der Waals surface area contributed by atoms with Gasteiger partial charge in [-0.3, -0.25) is 5.43 Å². The van der Waals surface area contributed by atoms with E-state index < -0.39 is 6.03 Å². The number of nitrogens with two attached hydrogens (primary N) is 2. The molecule has 2 amide bonds. The molecule has 0 saturated heterocycles. The van der Waals surface area contributed by atoms with Gasteiger partial charge in [-0.1, -0.05) is 23.7 Å². The maximum atomic E-state index is 11.8. The van der Waals surface area contributed by atoms with E-state index in [9.17, 15) is 4.79 Å². The van der Waals surface area contributed by atoms with E-state index in [4.69, 9.17) is 23.1 Å². The quantitative estimate of drug-likeness (QED) is 0.585. The number of hydrogen-bond acceptors (Lipinski definition) is 3. The molecule has 2 aromatic carbocycles. The molecule has 0 radical (unpaired) electrons. The lowest BCUT2D eigenvalue weighted by atomic mass is 10.1. The molecule has 118 valence electrons. The highest BCUT2D eigenvalue weighted by Crippen LogP contribution is 2.32. The Bertz CT molecular complexity index is 668. The molecular weight excluding hydrogens is 323 g/mol. The molecule has 7 heteroatoms. The molecule has 22 heavy (non-hydrogen) atoms. The molecule has 0 spiro atoms. The van der Waals surface area contributed by atoms with E-state index in [0.29, 0.717) is 16.4 Å². The first-order chi connectivity index (χ1) is 9.88. The van der Waals surface area contributed by atoms with Crippen LogP contribution in [-0.4, -0.2) is 6.03 Å². The van der Waals surface area contributed by atoms with Crippen LogP contribution in [0.3, 0.4) is 0 Å². The number of nitrogens with zero attached hydrogens (tertiary/aromatic N) is 1. The maximum absolute atomic E-state index is 11.8. The van der Waals surface area contributed by atoms with Crippen molar-refractivity contribution in [2.75, 3.05) is 16.2 Å². The molecule has 5 nitrogen and oxygen atoms in total. The molecule has 0 bridgehead atoms. The summed E-state index contributed by atoms with van der Waals surface area (Å²) in [6, 6.07) is 10.2. The average molecular weight is 341 g/mol. The van der Waals surface area contributed by atoms with E-state index in [0.717, 1.165) is 16.8 Å². The fraction of sp³-hybridized carbons (Fsp3) is 0.133. The second kappa shape index (κ2) is 7.24. The third-order valence-electron chi connectivity index (χ3n) is 2.98. The lowest BCUT2D eigenvalue weighted by Gasteiger charge is -2.25. The summed E-state index contributed by atoms with van der Waals surface area (Å²) < 4.78 is 0. The van der Waals surface area contributed by atoms with E-state index >= 15 is 0 Å². The van der Waals surface area contributed by atoms with Gasteiger partial charge in [-0.25, -0.2) is 9.80 Å². The zero-order chi connectivity index (χ0) is 15.6. The minimum absolute atomic E-state index is 0. The zero-order valence-electron chi connectivity index (χ0n) is 12.3. The fourth-order valence-electron chi connectivity index (χ4n) is 2.11. The van der Waals surface area contributed by atoms with Crippen LogP contribution in [0.4, 0.5) is 21.9 Å². The van der Waals surface area contributed by atoms with Crippen LogP contribution in [0.2, 0.25) is 5.02 Å². The predicted molar refractivity (Wildman–Crippen MR) is 94.7 cm³/mol. The fourth-order valence-corrected chi connectivity index (χ4v) is 2.47. The standard InChI is InChI=1S/C15H17ClN4O.ClH/c1-9-4-3-5-12(6-9)19-20(15(18)21)14-10(2)7-11(17)8-13(14)16;/h3-8,19H,17H2,1-2H3,(H2,18,21);1H. The summed E-state index contributed by atoms with van der Waals surface area (Å²) in [6.07, 6.45) is 0. The van der Waals surface area contributed by atoms with E-state index in [-0.39, 0.29) is 12.4 Å². The van der Waals surface area contributed by atoms with Gasteiger partial charge in [0.05, 0.1) is 16.4 Å². The summed E-state index contributed by atoms with van der Waals surface area (Å²) in [4.78, 5) is 11.8. The number of halogens is 2. The van der Waals surface area contributed by atoms with Crippen LogP contribution in [0.25, 0.3) is 0 Å². The zero-order valence-corrected chi connectivity index (χ0v) is 13.8. The van der Waals surface area contributed by atoms with E-state index in [1.54, 1.807) is 12.1 Å². The topological polar surface area (TPSA) is 84.4 Å². The van der Waals surface area contributed by atoms with Crippen molar-refractivity contribution in [3.05, 3.63) is 52.5 Å². The Morgan fingerprint density at radius 3 is 2.45 bits per heavy atom. The number of nitrogen functional groups attached to an aromatic ring is 1. The number of hydrazine groups is 1. The minimum Gasteiger partial charge on any atom is -0.399 e. The Kier molecular flexibility index (Phi) is 5.91. The van der Waals surface area contributed by atoms with Crippen LogP contribution in [0.1, 0.15) is 11.1 Å². The molecule has 0 aliphatic heterocycles.